The lowest BCUT2D eigenvalue weighted by molar-refractivity contribution is -0.123. The highest BCUT2D eigenvalue weighted by molar-refractivity contribution is 5.98. The zero-order valence-electron chi connectivity index (χ0n) is 16.5. The number of hydrogen-bond donors (Lipinski definition) is 2. The quantitative estimate of drug-likeness (QED) is 0.752. The summed E-state index contributed by atoms with van der Waals surface area (Å²) in [4.78, 5) is 31.9. The number of benzene rings is 1. The number of halogens is 1. The summed E-state index contributed by atoms with van der Waals surface area (Å²) in [6.45, 7) is 4.70. The molecule has 1 saturated heterocycles. The predicted octanol–water partition coefficient (Wildman–Crippen LogP) is 0.760. The molecule has 0 bridgehead atoms. The van der Waals surface area contributed by atoms with Crippen LogP contribution in [0, 0.1) is 0 Å². The summed E-state index contributed by atoms with van der Waals surface area (Å²) in [5.41, 5.74) is 2.78. The lowest BCUT2D eigenvalue weighted by Crippen LogP contribution is -2.44. The van der Waals surface area contributed by atoms with E-state index in [-0.39, 0.29) is 36.8 Å². The van der Waals surface area contributed by atoms with Gasteiger partial charge in [0, 0.05) is 44.4 Å². The minimum Gasteiger partial charge on any atom is -0.347 e. The Bertz CT molecular complexity index is 902. The molecule has 0 aliphatic carbocycles. The monoisotopic (exact) mass is 420 g/mol. The summed E-state index contributed by atoms with van der Waals surface area (Å²) < 4.78 is 5.51. The Labute approximate surface area is 175 Å². The van der Waals surface area contributed by atoms with E-state index in [0.717, 1.165) is 42.9 Å². The second-order valence-corrected chi connectivity index (χ2v) is 7.21. The number of nitrogens with zero attached hydrogens (tertiary/aromatic N) is 4. The van der Waals surface area contributed by atoms with Crippen molar-refractivity contribution < 1.29 is 14.1 Å². The predicted molar refractivity (Wildman–Crippen MR) is 110 cm³/mol. The molecule has 2 aliphatic rings. The SMILES string of the molecule is CC(=O)NCC(=O)N1CCc2cc(-c3nc(C4CNCCN4C)no3)ccc21.Cl. The first-order chi connectivity index (χ1) is 13.5. The lowest BCUT2D eigenvalue weighted by atomic mass is 10.1. The summed E-state index contributed by atoms with van der Waals surface area (Å²) in [6, 6.07) is 5.90. The molecule has 2 N–H and O–H groups in total. The number of anilines is 1. The molecule has 1 aromatic heterocycles. The molecule has 2 amide bonds. The standard InChI is InChI=1S/C19H24N6O3.ClH/c1-12(26)21-11-17(27)25-7-5-13-9-14(3-4-15(13)25)19-22-18(23-28-19)16-10-20-6-8-24(16)2;/h3-4,9,16,20H,5-8,10-11H2,1-2H3,(H,21,26);1H. The van der Waals surface area contributed by atoms with Crippen molar-refractivity contribution in [2.24, 2.45) is 0 Å². The van der Waals surface area contributed by atoms with Gasteiger partial charge in [-0.1, -0.05) is 5.16 Å². The van der Waals surface area contributed by atoms with Gasteiger partial charge in [0.1, 0.15) is 0 Å². The number of nitrogens with one attached hydrogen (secondary N) is 2. The van der Waals surface area contributed by atoms with E-state index in [0.29, 0.717) is 18.3 Å². The van der Waals surface area contributed by atoms with E-state index >= 15 is 0 Å². The number of aromatic nitrogens is 2. The molecule has 3 heterocycles. The lowest BCUT2D eigenvalue weighted by Gasteiger charge is -2.30. The molecule has 9 nitrogen and oxygen atoms in total. The number of carbonyl (C=O) groups excluding carboxylic acids is 2. The largest absolute Gasteiger partial charge is 0.347 e. The number of carbonyl (C=O) groups is 2. The second-order valence-electron chi connectivity index (χ2n) is 7.21. The molecule has 0 radical (unpaired) electrons. The van der Waals surface area contributed by atoms with E-state index in [9.17, 15) is 9.59 Å². The van der Waals surface area contributed by atoms with Crippen molar-refractivity contribution in [3.8, 4) is 11.5 Å². The van der Waals surface area contributed by atoms with E-state index in [1.165, 1.54) is 6.92 Å². The summed E-state index contributed by atoms with van der Waals surface area (Å²) >= 11 is 0. The van der Waals surface area contributed by atoms with Crippen molar-refractivity contribution in [2.75, 3.05) is 44.7 Å². The molecule has 156 valence electrons. The van der Waals surface area contributed by atoms with Crippen LogP contribution in [0.5, 0.6) is 0 Å². The summed E-state index contributed by atoms with van der Waals surface area (Å²) in [6.07, 6.45) is 0.755. The van der Waals surface area contributed by atoms with Crippen molar-refractivity contribution >= 4 is 29.9 Å². The van der Waals surface area contributed by atoms with Crippen molar-refractivity contribution in [3.05, 3.63) is 29.6 Å². The highest BCUT2D eigenvalue weighted by Gasteiger charge is 2.27. The van der Waals surface area contributed by atoms with Gasteiger partial charge in [-0.05, 0) is 37.2 Å². The van der Waals surface area contributed by atoms with Gasteiger partial charge < -0.3 is 20.1 Å². The maximum absolute atomic E-state index is 12.3. The van der Waals surface area contributed by atoms with Crippen molar-refractivity contribution in [3.63, 3.8) is 0 Å². The van der Waals surface area contributed by atoms with E-state index < -0.39 is 0 Å². The number of likely N-dealkylation sites (N-methyl/N-ethyl adjacent to an activating group) is 1. The fourth-order valence-corrected chi connectivity index (χ4v) is 3.67. The third-order valence-corrected chi connectivity index (χ3v) is 5.26. The zero-order valence-corrected chi connectivity index (χ0v) is 17.3. The summed E-state index contributed by atoms with van der Waals surface area (Å²) in [5.74, 6) is 0.834. The van der Waals surface area contributed by atoms with Gasteiger partial charge in [0.05, 0.1) is 12.6 Å². The Kier molecular flexibility index (Phi) is 6.51. The van der Waals surface area contributed by atoms with Crippen LogP contribution in [0.25, 0.3) is 11.5 Å². The van der Waals surface area contributed by atoms with E-state index in [4.69, 9.17) is 4.52 Å². The van der Waals surface area contributed by atoms with Crippen LogP contribution in [0.2, 0.25) is 0 Å². The van der Waals surface area contributed by atoms with Gasteiger partial charge in [0.15, 0.2) is 5.82 Å². The summed E-state index contributed by atoms with van der Waals surface area (Å²) in [7, 11) is 2.06. The van der Waals surface area contributed by atoms with E-state index in [2.05, 4.69) is 32.7 Å². The van der Waals surface area contributed by atoms with Gasteiger partial charge in [-0.25, -0.2) is 0 Å². The van der Waals surface area contributed by atoms with Gasteiger partial charge in [0.2, 0.25) is 11.8 Å². The van der Waals surface area contributed by atoms with Crippen LogP contribution >= 0.6 is 12.4 Å². The zero-order chi connectivity index (χ0) is 19.7. The number of fused-ring (bicyclic) bond motifs is 1. The molecule has 10 heteroatoms. The molecule has 2 aliphatic heterocycles. The highest BCUT2D eigenvalue weighted by Crippen LogP contribution is 2.32. The minimum absolute atomic E-state index is 0. The molecular formula is C19H25ClN6O3. The van der Waals surface area contributed by atoms with Crippen LogP contribution in [-0.2, 0) is 16.0 Å². The van der Waals surface area contributed by atoms with Gasteiger partial charge in [-0.2, -0.15) is 4.98 Å². The average Bonchev–Trinajstić information content (AvgIpc) is 3.33. The Hall–Kier alpha value is -2.49. The van der Waals surface area contributed by atoms with Crippen LogP contribution in [0.1, 0.15) is 24.4 Å². The van der Waals surface area contributed by atoms with Crippen LogP contribution in [-0.4, -0.2) is 66.6 Å². The first-order valence-corrected chi connectivity index (χ1v) is 9.45. The fraction of sp³-hybridized carbons (Fsp3) is 0.474. The van der Waals surface area contributed by atoms with Gasteiger partial charge in [-0.3, -0.25) is 14.5 Å². The van der Waals surface area contributed by atoms with Crippen molar-refractivity contribution in [1.82, 2.24) is 25.7 Å². The fourth-order valence-electron chi connectivity index (χ4n) is 3.67. The maximum Gasteiger partial charge on any atom is 0.257 e. The average molecular weight is 421 g/mol. The van der Waals surface area contributed by atoms with Gasteiger partial charge in [-0.15, -0.1) is 12.4 Å². The van der Waals surface area contributed by atoms with Crippen LogP contribution in [0.3, 0.4) is 0 Å². The molecule has 0 spiro atoms. The summed E-state index contributed by atoms with van der Waals surface area (Å²) in [5, 5.41) is 10.1. The Morgan fingerprint density at radius 3 is 2.93 bits per heavy atom. The number of amides is 2. The topological polar surface area (TPSA) is 104 Å². The highest BCUT2D eigenvalue weighted by atomic mass is 35.5. The number of hydrogen-bond acceptors (Lipinski definition) is 7. The molecule has 4 rings (SSSR count). The third kappa shape index (κ3) is 4.42. The second kappa shape index (κ2) is 8.89. The Morgan fingerprint density at radius 1 is 1.34 bits per heavy atom. The molecule has 2 aromatic rings. The van der Waals surface area contributed by atoms with Gasteiger partial charge >= 0.3 is 0 Å². The Morgan fingerprint density at radius 2 is 2.17 bits per heavy atom. The van der Waals surface area contributed by atoms with Crippen LogP contribution in [0.15, 0.2) is 22.7 Å². The first-order valence-electron chi connectivity index (χ1n) is 9.45. The smallest absolute Gasteiger partial charge is 0.257 e. The van der Waals surface area contributed by atoms with Gasteiger partial charge in [0.25, 0.3) is 5.89 Å². The molecular weight excluding hydrogens is 396 g/mol. The Balaban J connectivity index is 0.00000240. The van der Waals surface area contributed by atoms with Crippen molar-refractivity contribution in [2.45, 2.75) is 19.4 Å². The molecule has 1 unspecified atom stereocenters. The van der Waals surface area contributed by atoms with Crippen LogP contribution < -0.4 is 15.5 Å². The molecule has 1 fully saturated rings. The molecule has 29 heavy (non-hydrogen) atoms. The van der Waals surface area contributed by atoms with E-state index in [1.807, 2.05) is 18.2 Å². The first kappa shape index (κ1) is 21.2. The van der Waals surface area contributed by atoms with Crippen LogP contribution in [0.4, 0.5) is 5.69 Å². The molecule has 0 saturated carbocycles. The minimum atomic E-state index is -0.214. The third-order valence-electron chi connectivity index (χ3n) is 5.26. The number of piperazine rings is 1. The normalized spacial score (nSPS) is 18.8. The molecule has 1 atom stereocenters. The van der Waals surface area contributed by atoms with E-state index in [1.54, 1.807) is 4.90 Å². The number of rotatable bonds is 4. The maximum atomic E-state index is 12.3. The van der Waals surface area contributed by atoms with Crippen molar-refractivity contribution in [1.29, 1.82) is 0 Å². The molecule has 1 aromatic carbocycles.